The summed E-state index contributed by atoms with van der Waals surface area (Å²) < 4.78 is 2.16. The number of nitrogens with one attached hydrogen (secondary N) is 1. The topological polar surface area (TPSA) is 46.9 Å². The van der Waals surface area contributed by atoms with E-state index < -0.39 is 0 Å². The molecule has 0 saturated heterocycles. The van der Waals surface area contributed by atoms with Gasteiger partial charge in [-0.05, 0) is 29.7 Å². The van der Waals surface area contributed by atoms with Crippen LogP contribution in [0.1, 0.15) is 56.0 Å². The Bertz CT molecular complexity index is 883. The van der Waals surface area contributed by atoms with Crippen LogP contribution in [0.4, 0.5) is 5.69 Å². The van der Waals surface area contributed by atoms with Gasteiger partial charge in [0.2, 0.25) is 5.91 Å². The summed E-state index contributed by atoms with van der Waals surface area (Å²) in [6, 6.07) is 18.0. The number of aromatic nitrogens is 2. The number of carbonyl (C=O) groups excluding carboxylic acids is 1. The van der Waals surface area contributed by atoms with Crippen LogP contribution in [0.25, 0.3) is 0 Å². The van der Waals surface area contributed by atoms with Crippen LogP contribution < -0.4 is 5.32 Å². The van der Waals surface area contributed by atoms with Gasteiger partial charge in [0.15, 0.2) is 0 Å². The molecule has 0 spiro atoms. The molecule has 0 radical (unpaired) electrons. The van der Waals surface area contributed by atoms with Gasteiger partial charge in [0.25, 0.3) is 0 Å². The van der Waals surface area contributed by atoms with E-state index in [2.05, 4.69) is 34.8 Å². The average Bonchev–Trinajstić information content (AvgIpc) is 3.12. The Morgan fingerprint density at radius 1 is 1.11 bits per heavy atom. The summed E-state index contributed by atoms with van der Waals surface area (Å²) >= 11 is 0. The molecule has 0 aliphatic rings. The Morgan fingerprint density at radius 2 is 1.89 bits per heavy atom. The van der Waals surface area contributed by atoms with Crippen molar-refractivity contribution in [2.75, 3.05) is 5.32 Å². The van der Waals surface area contributed by atoms with Crippen LogP contribution in [-0.4, -0.2) is 15.5 Å². The van der Waals surface area contributed by atoms with Crippen LogP contribution >= 0.6 is 0 Å². The minimum absolute atomic E-state index is 0.0337. The average molecular weight is 361 g/mol. The molecule has 0 saturated carbocycles. The van der Waals surface area contributed by atoms with E-state index in [1.54, 1.807) is 0 Å². The van der Waals surface area contributed by atoms with Gasteiger partial charge >= 0.3 is 0 Å². The molecular formula is C23H27N3O. The van der Waals surface area contributed by atoms with Crippen molar-refractivity contribution in [1.82, 2.24) is 9.55 Å². The Kier molecular flexibility index (Phi) is 6.07. The van der Waals surface area contributed by atoms with Crippen LogP contribution in [0, 0.1) is 0 Å². The molecule has 4 heteroatoms. The van der Waals surface area contributed by atoms with Gasteiger partial charge in [-0.15, -0.1) is 0 Å². The highest BCUT2D eigenvalue weighted by Crippen LogP contribution is 2.22. The molecule has 1 atom stereocenters. The molecule has 1 aromatic heterocycles. The maximum absolute atomic E-state index is 12.8. The Morgan fingerprint density at radius 3 is 2.59 bits per heavy atom. The molecule has 3 rings (SSSR count). The second-order valence-electron chi connectivity index (χ2n) is 7.13. The third-order valence-corrected chi connectivity index (χ3v) is 4.74. The fourth-order valence-corrected chi connectivity index (χ4v) is 3.39. The largest absolute Gasteiger partial charge is 0.330 e. The Balaban J connectivity index is 1.73. The van der Waals surface area contributed by atoms with E-state index in [1.165, 1.54) is 0 Å². The lowest BCUT2D eigenvalue weighted by molar-refractivity contribution is -0.117. The maximum Gasteiger partial charge on any atom is 0.231 e. The summed E-state index contributed by atoms with van der Waals surface area (Å²) in [5, 5.41) is 3.08. The monoisotopic (exact) mass is 361 g/mol. The van der Waals surface area contributed by atoms with Crippen molar-refractivity contribution >= 4 is 11.6 Å². The van der Waals surface area contributed by atoms with Crippen molar-refractivity contribution in [3.63, 3.8) is 0 Å². The normalized spacial score (nSPS) is 12.1. The molecule has 0 aliphatic heterocycles. The molecule has 140 valence electrons. The molecule has 1 unspecified atom stereocenters. The molecule has 1 N–H and O–H groups in total. The number of amides is 1. The van der Waals surface area contributed by atoms with Gasteiger partial charge in [0.1, 0.15) is 5.82 Å². The predicted molar refractivity (Wildman–Crippen MR) is 110 cm³/mol. The molecule has 27 heavy (non-hydrogen) atoms. The lowest BCUT2D eigenvalue weighted by atomic mass is 9.95. The first kappa shape index (κ1) is 18.9. The summed E-state index contributed by atoms with van der Waals surface area (Å²) in [4.78, 5) is 17.2. The highest BCUT2D eigenvalue weighted by Gasteiger charge is 2.18. The van der Waals surface area contributed by atoms with Gasteiger partial charge < -0.3 is 9.88 Å². The van der Waals surface area contributed by atoms with E-state index in [0.29, 0.717) is 5.92 Å². The zero-order chi connectivity index (χ0) is 19.2. The Labute approximate surface area is 161 Å². The third kappa shape index (κ3) is 4.64. The minimum atomic E-state index is -0.143. The smallest absolute Gasteiger partial charge is 0.231 e. The highest BCUT2D eigenvalue weighted by molar-refractivity contribution is 5.95. The second-order valence-corrected chi connectivity index (χ2v) is 7.13. The zero-order valence-electron chi connectivity index (χ0n) is 16.2. The quantitative estimate of drug-likeness (QED) is 0.630. The van der Waals surface area contributed by atoms with E-state index in [1.807, 2.05) is 67.8 Å². The third-order valence-electron chi connectivity index (χ3n) is 4.74. The summed E-state index contributed by atoms with van der Waals surface area (Å²) in [5.74, 6) is 1.33. The predicted octanol–water partition coefficient (Wildman–Crippen LogP) is 5.19. The van der Waals surface area contributed by atoms with Gasteiger partial charge in [-0.3, -0.25) is 4.79 Å². The van der Waals surface area contributed by atoms with E-state index in [4.69, 9.17) is 0 Å². The molecule has 4 nitrogen and oxygen atoms in total. The van der Waals surface area contributed by atoms with Crippen LogP contribution in [0.5, 0.6) is 0 Å². The molecule has 2 aromatic carbocycles. The molecule has 1 amide bonds. The zero-order valence-corrected chi connectivity index (χ0v) is 16.2. The van der Waals surface area contributed by atoms with Crippen molar-refractivity contribution in [2.24, 2.45) is 0 Å². The molecule has 0 fully saturated rings. The van der Waals surface area contributed by atoms with Gasteiger partial charge in [-0.2, -0.15) is 0 Å². The lowest BCUT2D eigenvalue weighted by Gasteiger charge is -2.16. The minimum Gasteiger partial charge on any atom is -0.330 e. The summed E-state index contributed by atoms with van der Waals surface area (Å²) in [7, 11) is 0. The van der Waals surface area contributed by atoms with Gasteiger partial charge in [-0.1, -0.05) is 63.2 Å². The molecular weight excluding hydrogens is 334 g/mol. The van der Waals surface area contributed by atoms with Crippen molar-refractivity contribution < 1.29 is 4.79 Å². The highest BCUT2D eigenvalue weighted by atomic mass is 16.1. The van der Waals surface area contributed by atoms with Crippen LogP contribution in [0.15, 0.2) is 67.0 Å². The van der Waals surface area contributed by atoms with Crippen molar-refractivity contribution in [1.29, 1.82) is 0 Å². The first-order valence-electron chi connectivity index (χ1n) is 9.54. The fraction of sp³-hybridized carbons (Fsp3) is 0.304. The standard InChI is InChI=1S/C23H27N3O/c1-4-21(19-10-6-5-7-11-19)23(27)25-20-12-8-9-18(15-20)16-26-14-13-24-22(26)17(2)3/h5-15,17,21H,4,16H2,1-3H3,(H,25,27). The summed E-state index contributed by atoms with van der Waals surface area (Å²) in [6.07, 6.45) is 4.61. The van der Waals surface area contributed by atoms with Crippen molar-refractivity contribution in [2.45, 2.75) is 45.6 Å². The lowest BCUT2D eigenvalue weighted by Crippen LogP contribution is -2.20. The second kappa shape index (κ2) is 8.67. The van der Waals surface area contributed by atoms with Crippen LogP contribution in [0.3, 0.4) is 0 Å². The number of imidazole rings is 1. The maximum atomic E-state index is 12.8. The van der Waals surface area contributed by atoms with Gasteiger partial charge in [-0.25, -0.2) is 4.98 Å². The number of hydrogen-bond donors (Lipinski definition) is 1. The van der Waals surface area contributed by atoms with E-state index in [9.17, 15) is 4.79 Å². The van der Waals surface area contributed by atoms with Gasteiger partial charge in [0.05, 0.1) is 5.92 Å². The summed E-state index contributed by atoms with van der Waals surface area (Å²) in [6.45, 7) is 7.07. The first-order valence-corrected chi connectivity index (χ1v) is 9.54. The molecule has 1 heterocycles. The van der Waals surface area contributed by atoms with E-state index in [-0.39, 0.29) is 11.8 Å². The molecule has 3 aromatic rings. The number of nitrogens with zero attached hydrogens (tertiary/aromatic N) is 2. The van der Waals surface area contributed by atoms with Crippen molar-refractivity contribution in [3.8, 4) is 0 Å². The number of carbonyl (C=O) groups is 1. The van der Waals surface area contributed by atoms with Gasteiger partial charge in [0, 0.05) is 30.5 Å². The molecule has 0 aliphatic carbocycles. The number of rotatable bonds is 7. The fourth-order valence-electron chi connectivity index (χ4n) is 3.39. The SMILES string of the molecule is CCC(C(=O)Nc1cccc(Cn2ccnc2C(C)C)c1)c1ccccc1. The van der Waals surface area contributed by atoms with Crippen LogP contribution in [0.2, 0.25) is 0 Å². The molecule has 0 bridgehead atoms. The first-order chi connectivity index (χ1) is 13.1. The Hall–Kier alpha value is -2.88. The number of hydrogen-bond acceptors (Lipinski definition) is 2. The number of anilines is 1. The summed E-state index contributed by atoms with van der Waals surface area (Å²) in [5.41, 5.74) is 3.02. The van der Waals surface area contributed by atoms with E-state index in [0.717, 1.165) is 35.6 Å². The van der Waals surface area contributed by atoms with Crippen LogP contribution in [-0.2, 0) is 11.3 Å². The van der Waals surface area contributed by atoms with Crippen molar-refractivity contribution in [3.05, 3.63) is 83.9 Å². The number of benzene rings is 2. The van der Waals surface area contributed by atoms with E-state index >= 15 is 0 Å².